The minimum atomic E-state index is 0. The quantitative estimate of drug-likeness (QED) is 0.310. The van der Waals surface area contributed by atoms with E-state index in [2.05, 4.69) is 110 Å². The molecule has 0 bridgehead atoms. The summed E-state index contributed by atoms with van der Waals surface area (Å²) >= 11 is 2.26. The zero-order valence-corrected chi connectivity index (χ0v) is 24.7. The molecule has 0 radical (unpaired) electrons. The maximum atomic E-state index is 3.67. The fourth-order valence-electron chi connectivity index (χ4n) is 4.17. The van der Waals surface area contributed by atoms with Crippen molar-refractivity contribution in [2.45, 2.75) is 90.9 Å². The Morgan fingerprint density at radius 1 is 0.824 bits per heavy atom. The van der Waals surface area contributed by atoms with Crippen LogP contribution in [0.2, 0.25) is 0 Å². The first-order chi connectivity index (χ1) is 15.1. The first-order valence-electron chi connectivity index (χ1n) is 12.0. The first kappa shape index (κ1) is 31.1. The molecule has 0 aromatic heterocycles. The Bertz CT molecular complexity index is 937. The zero-order chi connectivity index (χ0) is 23.4. The van der Waals surface area contributed by atoms with Crippen LogP contribution in [0.25, 0.3) is 11.1 Å². The summed E-state index contributed by atoms with van der Waals surface area (Å²) in [5, 5.41) is 0. The number of halogens is 2. The summed E-state index contributed by atoms with van der Waals surface area (Å²) < 4.78 is 1.70. The van der Waals surface area contributed by atoms with E-state index in [0.29, 0.717) is 0 Å². The predicted octanol–water partition coefficient (Wildman–Crippen LogP) is 2.25. The van der Waals surface area contributed by atoms with Gasteiger partial charge in [0.2, 0.25) is 0 Å². The molecular formula is C31H38Cl2Ti-2. The Labute approximate surface area is 232 Å². The third kappa shape index (κ3) is 8.63. The normalized spacial score (nSPS) is 15.2. The molecule has 5 rings (SSSR count). The van der Waals surface area contributed by atoms with Crippen molar-refractivity contribution in [1.29, 1.82) is 0 Å². The molecule has 3 aliphatic rings. The Balaban J connectivity index is 0.000000367. The molecule has 2 aromatic carbocycles. The van der Waals surface area contributed by atoms with E-state index in [1.54, 1.807) is 3.81 Å². The second kappa shape index (κ2) is 13.4. The Morgan fingerprint density at radius 2 is 1.47 bits per heavy atom. The van der Waals surface area contributed by atoms with Crippen molar-refractivity contribution in [3.63, 3.8) is 0 Å². The number of hydrogen-bond acceptors (Lipinski definition) is 0. The molecule has 1 fully saturated rings. The van der Waals surface area contributed by atoms with Crippen molar-refractivity contribution in [3.05, 3.63) is 83.0 Å². The van der Waals surface area contributed by atoms with Gasteiger partial charge in [0.05, 0.1) is 0 Å². The van der Waals surface area contributed by atoms with Crippen molar-refractivity contribution in [3.8, 4) is 11.1 Å². The van der Waals surface area contributed by atoms with Gasteiger partial charge in [-0.3, -0.25) is 6.08 Å². The van der Waals surface area contributed by atoms with Gasteiger partial charge in [0.15, 0.2) is 0 Å². The molecule has 0 atom stereocenters. The van der Waals surface area contributed by atoms with E-state index in [9.17, 15) is 0 Å². The van der Waals surface area contributed by atoms with E-state index in [1.807, 2.05) is 12.2 Å². The van der Waals surface area contributed by atoms with E-state index in [0.717, 1.165) is 12.8 Å². The number of hydrogen-bond donors (Lipinski definition) is 0. The molecule has 2 aromatic rings. The number of benzene rings is 2. The van der Waals surface area contributed by atoms with Gasteiger partial charge in [0.1, 0.15) is 0 Å². The van der Waals surface area contributed by atoms with Gasteiger partial charge in [-0.25, -0.2) is 12.2 Å². The summed E-state index contributed by atoms with van der Waals surface area (Å²) in [6.07, 6.45) is 16.7. The van der Waals surface area contributed by atoms with Gasteiger partial charge in [-0.1, -0.05) is 65.3 Å². The van der Waals surface area contributed by atoms with Crippen LogP contribution in [0.5, 0.6) is 0 Å². The predicted molar refractivity (Wildman–Crippen MR) is 136 cm³/mol. The molecule has 0 aliphatic heterocycles. The van der Waals surface area contributed by atoms with E-state index < -0.39 is 0 Å². The van der Waals surface area contributed by atoms with E-state index >= 15 is 0 Å². The third-order valence-electron chi connectivity index (χ3n) is 6.26. The van der Waals surface area contributed by atoms with Crippen LogP contribution in [0.3, 0.4) is 0 Å². The maximum absolute atomic E-state index is 3.67. The van der Waals surface area contributed by atoms with Crippen LogP contribution in [-0.4, -0.2) is 3.81 Å². The van der Waals surface area contributed by atoms with Crippen molar-refractivity contribution >= 4 is 3.81 Å². The van der Waals surface area contributed by atoms with Crippen LogP contribution in [-0.2, 0) is 37.2 Å². The van der Waals surface area contributed by atoms with Gasteiger partial charge in [0.25, 0.3) is 0 Å². The number of fused-ring (bicyclic) bond motifs is 3. The fraction of sp³-hybridized carbons (Fsp3) is 0.452. The van der Waals surface area contributed by atoms with Crippen LogP contribution in [0.1, 0.15) is 95.9 Å². The molecule has 0 N–H and O–H groups in total. The van der Waals surface area contributed by atoms with Crippen molar-refractivity contribution < 1.29 is 44.8 Å². The van der Waals surface area contributed by atoms with E-state index in [4.69, 9.17) is 0 Å². The molecule has 3 heteroatoms. The molecule has 0 nitrogen and oxygen atoms in total. The molecule has 182 valence electrons. The number of allylic oxidation sites excluding steroid dienone is 4. The van der Waals surface area contributed by atoms with Gasteiger partial charge >= 0.3 is 49.5 Å². The second-order valence-electron chi connectivity index (χ2n) is 11.1. The van der Waals surface area contributed by atoms with Gasteiger partial charge in [-0.2, -0.15) is 29.8 Å². The molecule has 1 saturated carbocycles. The monoisotopic (exact) mass is 528 g/mol. The summed E-state index contributed by atoms with van der Waals surface area (Å²) in [4.78, 5) is 0. The molecular weight excluding hydrogens is 491 g/mol. The van der Waals surface area contributed by atoms with Crippen LogP contribution >= 0.6 is 0 Å². The molecule has 3 aliphatic carbocycles. The fourth-order valence-corrected chi connectivity index (χ4v) is 4.72. The summed E-state index contributed by atoms with van der Waals surface area (Å²) in [5.41, 5.74) is 8.70. The van der Waals surface area contributed by atoms with Crippen molar-refractivity contribution in [1.82, 2.24) is 0 Å². The third-order valence-corrected chi connectivity index (χ3v) is 7.04. The van der Waals surface area contributed by atoms with Gasteiger partial charge in [-0.05, 0) is 28.4 Å². The Hall–Kier alpha value is -0.916. The zero-order valence-electron chi connectivity index (χ0n) is 21.6. The van der Waals surface area contributed by atoms with E-state index in [-0.39, 0.29) is 35.6 Å². The molecule has 0 spiro atoms. The summed E-state index contributed by atoms with van der Waals surface area (Å²) in [5.74, 6) is 0. The molecule has 0 heterocycles. The summed E-state index contributed by atoms with van der Waals surface area (Å²) in [7, 11) is 0. The van der Waals surface area contributed by atoms with Crippen molar-refractivity contribution in [2.75, 3.05) is 0 Å². The van der Waals surface area contributed by atoms with Crippen LogP contribution in [0.15, 0.2) is 48.6 Å². The first-order valence-corrected chi connectivity index (χ1v) is 12.8. The van der Waals surface area contributed by atoms with Gasteiger partial charge < -0.3 is 24.8 Å². The van der Waals surface area contributed by atoms with Crippen LogP contribution in [0.4, 0.5) is 0 Å². The molecule has 0 amide bonds. The second-order valence-corrected chi connectivity index (χ2v) is 12.2. The van der Waals surface area contributed by atoms with Gasteiger partial charge in [-0.15, -0.1) is 17.5 Å². The average molecular weight is 529 g/mol. The van der Waals surface area contributed by atoms with E-state index in [1.165, 1.54) is 59.1 Å². The van der Waals surface area contributed by atoms with Crippen molar-refractivity contribution in [2.24, 2.45) is 0 Å². The summed E-state index contributed by atoms with van der Waals surface area (Å²) in [6.45, 7) is 13.6. The van der Waals surface area contributed by atoms with Gasteiger partial charge in [0, 0.05) is 0 Å². The molecule has 0 saturated heterocycles. The topological polar surface area (TPSA) is 0 Å². The van der Waals surface area contributed by atoms with Crippen LogP contribution < -0.4 is 24.8 Å². The molecule has 34 heavy (non-hydrogen) atoms. The average Bonchev–Trinajstić information content (AvgIpc) is 3.48. The molecule has 0 unspecified atom stereocenters. The Morgan fingerprint density at radius 3 is 1.91 bits per heavy atom. The SMILES string of the molecule is CC(C)(C)c1[c-]c2c(cc1)-c1ccc(C(C)(C)C)cc1C2.[C-]1=CC=CC1.[Cl-].[Cl-].[Ti+2]=[C]1CCCC1. The Kier molecular flexibility index (Phi) is 12.3. The standard InChI is InChI=1S/C21H25.C5H8.C5H5.2ClH.Ti/c1-20(2,3)16-7-9-18-14(12-16)11-15-13-17(21(4,5)6)8-10-19(15)18;2*1-2-4-5-3-1;;;/h7-10,12H,11H2,1-6H3;1-4H2;1-3H,4H2;2*1H;/q-1;;-1;;;+2/p-2. The summed E-state index contributed by atoms with van der Waals surface area (Å²) in [6, 6.07) is 15.2. The van der Waals surface area contributed by atoms with Crippen LogP contribution in [0, 0.1) is 12.1 Å². The number of rotatable bonds is 0. The minimum absolute atomic E-state index is 0.